The molecular formula is C13H21NO2S. The lowest BCUT2D eigenvalue weighted by molar-refractivity contribution is 0.170. The van der Waals surface area contributed by atoms with Crippen molar-refractivity contribution in [2.45, 2.75) is 36.6 Å². The molecule has 1 aromatic carbocycles. The van der Waals surface area contributed by atoms with Gasteiger partial charge in [0.15, 0.2) is 0 Å². The van der Waals surface area contributed by atoms with Crippen molar-refractivity contribution in [1.82, 2.24) is 5.32 Å². The zero-order valence-corrected chi connectivity index (χ0v) is 11.2. The second kappa shape index (κ2) is 7.71. The van der Waals surface area contributed by atoms with Crippen LogP contribution in [0.25, 0.3) is 0 Å². The maximum atomic E-state index is 8.92. The fourth-order valence-corrected chi connectivity index (χ4v) is 2.24. The molecule has 0 saturated heterocycles. The molecule has 3 N–H and O–H groups in total. The molecule has 0 saturated carbocycles. The van der Waals surface area contributed by atoms with Crippen molar-refractivity contribution in [3.63, 3.8) is 0 Å². The lowest BCUT2D eigenvalue weighted by atomic mass is 10.2. The molecule has 0 atom stereocenters. The second-order valence-electron chi connectivity index (χ2n) is 4.25. The summed E-state index contributed by atoms with van der Waals surface area (Å²) in [6.45, 7) is 4.93. The minimum Gasteiger partial charge on any atom is -0.395 e. The summed E-state index contributed by atoms with van der Waals surface area (Å²) < 4.78 is 0. The average molecular weight is 255 g/mol. The number of aliphatic hydroxyl groups is 2. The van der Waals surface area contributed by atoms with Gasteiger partial charge in [0.1, 0.15) is 0 Å². The van der Waals surface area contributed by atoms with Crippen molar-refractivity contribution in [3.05, 3.63) is 29.8 Å². The van der Waals surface area contributed by atoms with Crippen molar-refractivity contribution in [1.29, 1.82) is 0 Å². The van der Waals surface area contributed by atoms with Gasteiger partial charge >= 0.3 is 0 Å². The van der Waals surface area contributed by atoms with Gasteiger partial charge in [0, 0.05) is 16.7 Å². The first-order valence-corrected chi connectivity index (χ1v) is 6.74. The summed E-state index contributed by atoms with van der Waals surface area (Å²) in [4.78, 5) is 1.27. The molecule has 0 aliphatic rings. The van der Waals surface area contributed by atoms with Gasteiger partial charge in [0.2, 0.25) is 0 Å². The zero-order valence-electron chi connectivity index (χ0n) is 10.4. The second-order valence-corrected chi connectivity index (χ2v) is 5.90. The van der Waals surface area contributed by atoms with Gasteiger partial charge in [-0.05, 0) is 17.7 Å². The molecule has 1 rings (SSSR count). The van der Waals surface area contributed by atoms with E-state index in [1.165, 1.54) is 4.90 Å². The van der Waals surface area contributed by atoms with Gasteiger partial charge in [-0.25, -0.2) is 0 Å². The SMILES string of the molecule is CC(C)Sc1ccc(CNC(CO)CO)cc1. The number of hydrogen-bond acceptors (Lipinski definition) is 4. The largest absolute Gasteiger partial charge is 0.395 e. The van der Waals surface area contributed by atoms with Crippen LogP contribution in [0.5, 0.6) is 0 Å². The molecular weight excluding hydrogens is 234 g/mol. The summed E-state index contributed by atoms with van der Waals surface area (Å²) in [5.74, 6) is 0. The van der Waals surface area contributed by atoms with E-state index in [4.69, 9.17) is 10.2 Å². The Morgan fingerprint density at radius 1 is 1.12 bits per heavy atom. The highest BCUT2D eigenvalue weighted by atomic mass is 32.2. The first-order chi connectivity index (χ1) is 8.15. The maximum absolute atomic E-state index is 8.92. The van der Waals surface area contributed by atoms with Crippen molar-refractivity contribution in [2.75, 3.05) is 13.2 Å². The van der Waals surface area contributed by atoms with Crippen molar-refractivity contribution < 1.29 is 10.2 Å². The fraction of sp³-hybridized carbons (Fsp3) is 0.538. The predicted octanol–water partition coefficient (Wildman–Crippen LogP) is 1.63. The molecule has 0 heterocycles. The number of benzene rings is 1. The summed E-state index contributed by atoms with van der Waals surface area (Å²) in [6, 6.07) is 8.12. The first kappa shape index (κ1) is 14.5. The molecule has 1 aromatic rings. The number of rotatable bonds is 7. The molecule has 0 unspecified atom stereocenters. The van der Waals surface area contributed by atoms with Gasteiger partial charge in [0.25, 0.3) is 0 Å². The number of hydrogen-bond donors (Lipinski definition) is 3. The highest BCUT2D eigenvalue weighted by Crippen LogP contribution is 2.22. The molecule has 0 radical (unpaired) electrons. The summed E-state index contributed by atoms with van der Waals surface area (Å²) >= 11 is 1.84. The van der Waals surface area contributed by atoms with Crippen LogP contribution >= 0.6 is 11.8 Å². The maximum Gasteiger partial charge on any atom is 0.0607 e. The van der Waals surface area contributed by atoms with Crippen molar-refractivity contribution >= 4 is 11.8 Å². The van der Waals surface area contributed by atoms with Gasteiger partial charge < -0.3 is 15.5 Å². The highest BCUT2D eigenvalue weighted by Gasteiger charge is 2.04. The molecule has 0 amide bonds. The Hall–Kier alpha value is -0.550. The highest BCUT2D eigenvalue weighted by molar-refractivity contribution is 7.99. The molecule has 3 nitrogen and oxygen atoms in total. The quantitative estimate of drug-likeness (QED) is 0.648. The van der Waals surface area contributed by atoms with E-state index in [0.29, 0.717) is 11.8 Å². The van der Waals surface area contributed by atoms with Crippen LogP contribution in [0, 0.1) is 0 Å². The smallest absolute Gasteiger partial charge is 0.0607 e. The van der Waals surface area contributed by atoms with E-state index in [1.54, 1.807) is 0 Å². The minimum atomic E-state index is -0.236. The van der Waals surface area contributed by atoms with E-state index in [-0.39, 0.29) is 19.3 Å². The van der Waals surface area contributed by atoms with Crippen LogP contribution in [0.2, 0.25) is 0 Å². The number of aliphatic hydroxyl groups excluding tert-OH is 2. The zero-order chi connectivity index (χ0) is 12.7. The van der Waals surface area contributed by atoms with Gasteiger partial charge in [-0.15, -0.1) is 11.8 Å². The monoisotopic (exact) mass is 255 g/mol. The topological polar surface area (TPSA) is 52.5 Å². The number of nitrogens with one attached hydrogen (secondary N) is 1. The molecule has 0 aliphatic carbocycles. The molecule has 0 bridgehead atoms. The third-order valence-corrected chi connectivity index (χ3v) is 3.35. The van der Waals surface area contributed by atoms with Gasteiger partial charge in [-0.1, -0.05) is 26.0 Å². The van der Waals surface area contributed by atoms with Crippen LogP contribution in [0.15, 0.2) is 29.2 Å². The predicted molar refractivity (Wildman–Crippen MR) is 72.2 cm³/mol. The first-order valence-electron chi connectivity index (χ1n) is 5.86. The van der Waals surface area contributed by atoms with Crippen LogP contribution in [-0.2, 0) is 6.54 Å². The van der Waals surface area contributed by atoms with E-state index >= 15 is 0 Å². The average Bonchev–Trinajstić information content (AvgIpc) is 2.32. The molecule has 0 spiro atoms. The normalized spacial score (nSPS) is 11.4. The van der Waals surface area contributed by atoms with Crippen molar-refractivity contribution in [3.8, 4) is 0 Å². The Kier molecular flexibility index (Phi) is 6.58. The van der Waals surface area contributed by atoms with Crippen LogP contribution in [0.4, 0.5) is 0 Å². The third-order valence-electron chi connectivity index (χ3n) is 2.33. The van der Waals surface area contributed by atoms with E-state index < -0.39 is 0 Å². The summed E-state index contributed by atoms with van der Waals surface area (Å²) in [5, 5.41) is 21.5. The van der Waals surface area contributed by atoms with Crippen LogP contribution in [0.3, 0.4) is 0 Å². The summed E-state index contributed by atoms with van der Waals surface area (Å²) in [6.07, 6.45) is 0. The van der Waals surface area contributed by atoms with Crippen molar-refractivity contribution in [2.24, 2.45) is 0 Å². The summed E-state index contributed by atoms with van der Waals surface area (Å²) in [5.41, 5.74) is 1.16. The Balaban J connectivity index is 2.45. The lowest BCUT2D eigenvalue weighted by Crippen LogP contribution is -2.35. The molecule has 0 fully saturated rings. The summed E-state index contributed by atoms with van der Waals surface area (Å²) in [7, 11) is 0. The van der Waals surface area contributed by atoms with E-state index in [2.05, 4.69) is 43.4 Å². The van der Waals surface area contributed by atoms with E-state index in [1.807, 2.05) is 11.8 Å². The van der Waals surface area contributed by atoms with Crippen LogP contribution in [-0.4, -0.2) is 34.7 Å². The Morgan fingerprint density at radius 2 is 1.71 bits per heavy atom. The van der Waals surface area contributed by atoms with E-state index in [9.17, 15) is 0 Å². The fourth-order valence-electron chi connectivity index (χ4n) is 1.41. The molecule has 4 heteroatoms. The Morgan fingerprint density at radius 3 is 2.18 bits per heavy atom. The van der Waals surface area contributed by atoms with Gasteiger partial charge in [-0.2, -0.15) is 0 Å². The Bertz CT molecular complexity index is 310. The Labute approximate surface area is 107 Å². The molecule has 17 heavy (non-hydrogen) atoms. The molecule has 0 aromatic heterocycles. The standard InChI is InChI=1S/C13H21NO2S/c1-10(2)17-13-5-3-11(4-6-13)7-14-12(8-15)9-16/h3-6,10,12,14-16H,7-9H2,1-2H3. The van der Waals surface area contributed by atoms with Gasteiger partial charge in [-0.3, -0.25) is 0 Å². The lowest BCUT2D eigenvalue weighted by Gasteiger charge is -2.13. The van der Waals surface area contributed by atoms with Crippen LogP contribution < -0.4 is 5.32 Å². The van der Waals surface area contributed by atoms with Crippen LogP contribution in [0.1, 0.15) is 19.4 Å². The van der Waals surface area contributed by atoms with E-state index in [0.717, 1.165) is 5.56 Å². The third kappa shape index (κ3) is 5.55. The number of thioether (sulfide) groups is 1. The molecule has 0 aliphatic heterocycles. The minimum absolute atomic E-state index is 0.0439. The van der Waals surface area contributed by atoms with Gasteiger partial charge in [0.05, 0.1) is 19.3 Å². The molecule has 96 valence electrons.